The number of hydrogen-bond donors (Lipinski definition) is 3. The molecular formula is C16H20BNO5. The second-order valence-electron chi connectivity index (χ2n) is 5.95. The van der Waals surface area contributed by atoms with E-state index >= 15 is 0 Å². The first-order valence-corrected chi connectivity index (χ1v) is 7.80. The largest absolute Gasteiger partial charge is 0.475 e. The van der Waals surface area contributed by atoms with Crippen LogP contribution in [-0.2, 0) is 16.0 Å². The summed E-state index contributed by atoms with van der Waals surface area (Å²) in [4.78, 5) is 12.1. The number of carbonyl (C=O) groups is 1. The van der Waals surface area contributed by atoms with Gasteiger partial charge in [-0.2, -0.15) is 0 Å². The highest BCUT2D eigenvalue weighted by Gasteiger charge is 2.31. The molecular weight excluding hydrogens is 297 g/mol. The number of amides is 1. The summed E-state index contributed by atoms with van der Waals surface area (Å²) in [6.07, 6.45) is 2.88. The molecule has 1 saturated heterocycles. The second-order valence-corrected chi connectivity index (χ2v) is 5.95. The molecule has 0 unspecified atom stereocenters. The third kappa shape index (κ3) is 3.42. The van der Waals surface area contributed by atoms with E-state index in [0.29, 0.717) is 13.0 Å². The molecule has 1 aliphatic rings. The van der Waals surface area contributed by atoms with Crippen molar-refractivity contribution in [1.82, 2.24) is 5.32 Å². The maximum atomic E-state index is 12.1. The number of nitrogens with one attached hydrogen (secondary N) is 1. The second kappa shape index (κ2) is 6.74. The third-order valence-electron chi connectivity index (χ3n) is 4.23. The standard InChI is InChI=1S/C16H20BNO5/c1-10-4-2-5-12-11(9-23-15(10)12)8-14(17(20)21)18-16(19)13-6-3-7-22-13/h2,4-5,9,13-14,20-21H,3,6-8H2,1H3,(H,18,19)/t13-,14+/m1/s1. The molecule has 122 valence electrons. The van der Waals surface area contributed by atoms with E-state index in [-0.39, 0.29) is 12.3 Å². The molecule has 0 saturated carbocycles. The first-order chi connectivity index (χ1) is 11.1. The number of carbonyl (C=O) groups excluding carboxylic acids is 1. The molecule has 0 spiro atoms. The molecule has 7 heteroatoms. The highest BCUT2D eigenvalue weighted by molar-refractivity contribution is 6.43. The zero-order valence-corrected chi connectivity index (χ0v) is 13.0. The van der Waals surface area contributed by atoms with E-state index in [1.165, 1.54) is 0 Å². The maximum absolute atomic E-state index is 12.1. The smallest absolute Gasteiger partial charge is 0.464 e. The molecule has 1 fully saturated rings. The molecule has 1 aromatic carbocycles. The molecule has 1 aromatic heterocycles. The van der Waals surface area contributed by atoms with Gasteiger partial charge in [0, 0.05) is 12.0 Å². The van der Waals surface area contributed by atoms with Gasteiger partial charge in [0.1, 0.15) is 11.7 Å². The Morgan fingerprint density at radius 3 is 3.00 bits per heavy atom. The lowest BCUT2D eigenvalue weighted by atomic mass is 9.75. The van der Waals surface area contributed by atoms with Crippen LogP contribution in [0, 0.1) is 6.92 Å². The average Bonchev–Trinajstić information content (AvgIpc) is 3.17. The lowest BCUT2D eigenvalue weighted by Gasteiger charge is -2.19. The minimum Gasteiger partial charge on any atom is -0.464 e. The van der Waals surface area contributed by atoms with Crippen molar-refractivity contribution in [2.75, 3.05) is 6.61 Å². The van der Waals surface area contributed by atoms with Crippen LogP contribution in [0.1, 0.15) is 24.0 Å². The van der Waals surface area contributed by atoms with E-state index in [0.717, 1.165) is 28.5 Å². The van der Waals surface area contributed by atoms with Crippen molar-refractivity contribution >= 4 is 24.0 Å². The van der Waals surface area contributed by atoms with Gasteiger partial charge in [-0.1, -0.05) is 18.2 Å². The molecule has 2 heterocycles. The Morgan fingerprint density at radius 2 is 2.30 bits per heavy atom. The Bertz CT molecular complexity index is 693. The van der Waals surface area contributed by atoms with E-state index in [1.54, 1.807) is 6.26 Å². The molecule has 0 aliphatic carbocycles. The van der Waals surface area contributed by atoms with E-state index in [2.05, 4.69) is 5.32 Å². The molecule has 3 N–H and O–H groups in total. The number of fused-ring (bicyclic) bond motifs is 1. The Balaban J connectivity index is 1.76. The molecule has 0 radical (unpaired) electrons. The van der Waals surface area contributed by atoms with E-state index in [1.807, 2.05) is 25.1 Å². The molecule has 23 heavy (non-hydrogen) atoms. The predicted octanol–water partition coefficient (Wildman–Crippen LogP) is 0.960. The van der Waals surface area contributed by atoms with Gasteiger partial charge in [-0.25, -0.2) is 0 Å². The zero-order chi connectivity index (χ0) is 16.4. The van der Waals surface area contributed by atoms with Crippen molar-refractivity contribution in [2.45, 2.75) is 38.2 Å². The number of hydrogen-bond acceptors (Lipinski definition) is 5. The van der Waals surface area contributed by atoms with E-state index in [4.69, 9.17) is 9.15 Å². The number of rotatable bonds is 5. The van der Waals surface area contributed by atoms with Gasteiger partial charge in [-0.3, -0.25) is 4.79 Å². The van der Waals surface area contributed by atoms with Crippen LogP contribution in [0.15, 0.2) is 28.9 Å². The summed E-state index contributed by atoms with van der Waals surface area (Å²) in [7, 11) is -1.66. The van der Waals surface area contributed by atoms with Gasteiger partial charge in [0.05, 0.1) is 12.2 Å². The van der Waals surface area contributed by atoms with Crippen molar-refractivity contribution in [3.8, 4) is 0 Å². The van der Waals surface area contributed by atoms with Crippen molar-refractivity contribution in [2.24, 2.45) is 0 Å². The summed E-state index contributed by atoms with van der Waals surface area (Å²) >= 11 is 0. The van der Waals surface area contributed by atoms with Crippen molar-refractivity contribution in [1.29, 1.82) is 0 Å². The summed E-state index contributed by atoms with van der Waals surface area (Å²) in [5.41, 5.74) is 2.62. The average molecular weight is 317 g/mol. The fraction of sp³-hybridized carbons (Fsp3) is 0.438. The first kappa shape index (κ1) is 16.0. The molecule has 6 nitrogen and oxygen atoms in total. The highest BCUT2D eigenvalue weighted by Crippen LogP contribution is 2.25. The molecule has 3 rings (SSSR count). The maximum Gasteiger partial charge on any atom is 0.475 e. The number of ether oxygens (including phenoxy) is 1. The lowest BCUT2D eigenvalue weighted by Crippen LogP contribution is -2.50. The van der Waals surface area contributed by atoms with E-state index in [9.17, 15) is 14.8 Å². The monoisotopic (exact) mass is 317 g/mol. The van der Waals surface area contributed by atoms with Gasteiger partial charge in [-0.05, 0) is 37.3 Å². The van der Waals surface area contributed by atoms with Gasteiger partial charge in [0.15, 0.2) is 0 Å². The van der Waals surface area contributed by atoms with Crippen LogP contribution in [0.4, 0.5) is 0 Å². The van der Waals surface area contributed by atoms with Gasteiger partial charge >= 0.3 is 7.12 Å². The van der Waals surface area contributed by atoms with Gasteiger partial charge in [-0.15, -0.1) is 0 Å². The fourth-order valence-electron chi connectivity index (χ4n) is 2.94. The van der Waals surface area contributed by atoms with Gasteiger partial charge < -0.3 is 24.5 Å². The zero-order valence-electron chi connectivity index (χ0n) is 13.0. The lowest BCUT2D eigenvalue weighted by molar-refractivity contribution is -0.130. The quantitative estimate of drug-likeness (QED) is 0.715. The molecule has 2 atom stereocenters. The Labute approximate surface area is 134 Å². The minimum atomic E-state index is -1.66. The summed E-state index contributed by atoms with van der Waals surface area (Å²) in [6.45, 7) is 2.52. The molecule has 0 bridgehead atoms. The van der Waals surface area contributed by atoms with Crippen LogP contribution in [0.2, 0.25) is 0 Å². The topological polar surface area (TPSA) is 91.9 Å². The van der Waals surface area contributed by atoms with Crippen LogP contribution in [-0.4, -0.2) is 41.7 Å². The van der Waals surface area contributed by atoms with Crippen LogP contribution >= 0.6 is 0 Å². The Kier molecular flexibility index (Phi) is 4.70. The molecule has 2 aromatic rings. The SMILES string of the molecule is Cc1cccc2c(C[C@H](NC(=O)[C@H]3CCCO3)B(O)O)coc12. The Morgan fingerprint density at radius 1 is 1.48 bits per heavy atom. The highest BCUT2D eigenvalue weighted by atomic mass is 16.5. The summed E-state index contributed by atoms with van der Waals surface area (Å²) in [5, 5.41) is 22.8. The number of furan rings is 1. The predicted molar refractivity (Wildman–Crippen MR) is 85.8 cm³/mol. The first-order valence-electron chi connectivity index (χ1n) is 7.80. The molecule has 1 amide bonds. The number of benzene rings is 1. The van der Waals surface area contributed by atoms with Crippen LogP contribution in [0.25, 0.3) is 11.0 Å². The van der Waals surface area contributed by atoms with E-state index < -0.39 is 19.2 Å². The van der Waals surface area contributed by atoms with Gasteiger partial charge in [0.2, 0.25) is 5.91 Å². The van der Waals surface area contributed by atoms with Crippen molar-refractivity contribution in [3.63, 3.8) is 0 Å². The normalized spacial score (nSPS) is 19.0. The van der Waals surface area contributed by atoms with Gasteiger partial charge in [0.25, 0.3) is 0 Å². The van der Waals surface area contributed by atoms with Crippen LogP contribution < -0.4 is 5.32 Å². The third-order valence-corrected chi connectivity index (χ3v) is 4.23. The van der Waals surface area contributed by atoms with Crippen LogP contribution in [0.5, 0.6) is 0 Å². The summed E-state index contributed by atoms with van der Waals surface area (Å²) in [6, 6.07) is 5.79. The number of aryl methyl sites for hydroxylation is 1. The Hall–Kier alpha value is -1.83. The van der Waals surface area contributed by atoms with Crippen LogP contribution in [0.3, 0.4) is 0 Å². The van der Waals surface area contributed by atoms with Crippen molar-refractivity contribution in [3.05, 3.63) is 35.6 Å². The van der Waals surface area contributed by atoms with Crippen molar-refractivity contribution < 1.29 is 24.0 Å². The summed E-state index contributed by atoms with van der Waals surface area (Å²) in [5.74, 6) is -1.11. The summed E-state index contributed by atoms with van der Waals surface area (Å²) < 4.78 is 10.9. The minimum absolute atomic E-state index is 0.270. The fourth-order valence-corrected chi connectivity index (χ4v) is 2.94. The number of para-hydroxylation sites is 1. The molecule has 1 aliphatic heterocycles.